The molecule has 1 rings (SSSR count). The number of ether oxygens (including phenoxy) is 1. The van der Waals surface area contributed by atoms with E-state index in [1.165, 1.54) is 20.8 Å². The highest BCUT2D eigenvalue weighted by atomic mass is 19.4. The number of rotatable bonds is 5. The van der Waals surface area contributed by atoms with Gasteiger partial charge in [0.25, 0.3) is 0 Å². The lowest BCUT2D eigenvalue weighted by Gasteiger charge is -2.30. The molecule has 7 heteroatoms. The zero-order valence-electron chi connectivity index (χ0n) is 12.5. The quantitative estimate of drug-likeness (QED) is 0.660. The summed E-state index contributed by atoms with van der Waals surface area (Å²) >= 11 is 0. The van der Waals surface area contributed by atoms with Crippen molar-refractivity contribution in [2.45, 2.75) is 38.8 Å². The van der Waals surface area contributed by atoms with Gasteiger partial charge in [-0.3, -0.25) is 4.79 Å². The van der Waals surface area contributed by atoms with E-state index in [0.717, 1.165) is 18.2 Å². The van der Waals surface area contributed by atoms with Crippen LogP contribution in [0.25, 0.3) is 0 Å². The van der Waals surface area contributed by atoms with Gasteiger partial charge in [0, 0.05) is 5.56 Å². The van der Waals surface area contributed by atoms with E-state index < -0.39 is 35.7 Å². The summed E-state index contributed by atoms with van der Waals surface area (Å²) in [4.78, 5) is 11.6. The summed E-state index contributed by atoms with van der Waals surface area (Å²) in [6.45, 7) is 4.05. The molecule has 1 atom stereocenters. The van der Waals surface area contributed by atoms with Crippen LogP contribution >= 0.6 is 0 Å². The van der Waals surface area contributed by atoms with Crippen LogP contribution in [0.3, 0.4) is 0 Å². The van der Waals surface area contributed by atoms with E-state index in [0.29, 0.717) is 0 Å². The number of hydrogen-bond donors (Lipinski definition) is 1. The monoisotopic (exact) mass is 322 g/mol. The van der Waals surface area contributed by atoms with Crippen molar-refractivity contribution in [1.82, 2.24) is 0 Å². The van der Waals surface area contributed by atoms with Crippen LogP contribution in [0.1, 0.15) is 32.8 Å². The van der Waals surface area contributed by atoms with Crippen molar-refractivity contribution >= 4 is 5.97 Å². The predicted molar refractivity (Wildman–Crippen MR) is 71.9 cm³/mol. The lowest BCUT2D eigenvalue weighted by atomic mass is 9.76. The minimum absolute atomic E-state index is 0.00560. The van der Waals surface area contributed by atoms with E-state index in [1.807, 2.05) is 0 Å². The summed E-state index contributed by atoms with van der Waals surface area (Å²) in [5, 5.41) is 9.76. The highest BCUT2D eigenvalue weighted by molar-refractivity contribution is 5.73. The molecule has 0 saturated carbocycles. The molecule has 3 nitrogen and oxygen atoms in total. The Morgan fingerprint density at radius 3 is 2.41 bits per heavy atom. The Bertz CT molecular complexity index is 538. The first kappa shape index (κ1) is 18.3. The third-order valence-corrected chi connectivity index (χ3v) is 3.37. The highest BCUT2D eigenvalue weighted by Crippen LogP contribution is 2.41. The molecule has 0 aliphatic carbocycles. The average molecular weight is 322 g/mol. The molecular weight excluding hydrogens is 304 g/mol. The van der Waals surface area contributed by atoms with Crippen LogP contribution in [0.4, 0.5) is 17.6 Å². The van der Waals surface area contributed by atoms with E-state index in [1.54, 1.807) is 0 Å². The van der Waals surface area contributed by atoms with Crippen molar-refractivity contribution in [3.05, 3.63) is 29.6 Å². The highest BCUT2D eigenvalue weighted by Gasteiger charge is 2.49. The molecule has 0 aliphatic heterocycles. The van der Waals surface area contributed by atoms with Gasteiger partial charge in [-0.1, -0.05) is 13.8 Å². The predicted octanol–water partition coefficient (Wildman–Crippen LogP) is 3.94. The van der Waals surface area contributed by atoms with E-state index in [4.69, 9.17) is 0 Å². The SMILES string of the molecule is CCOC(=O)C(CC(C)(C)c1cc(F)ccc1O)C(F)(F)F. The number of esters is 1. The number of phenols is 1. The normalized spacial score (nSPS) is 13.8. The van der Waals surface area contributed by atoms with E-state index in [2.05, 4.69) is 4.74 Å². The number of aromatic hydroxyl groups is 1. The molecule has 0 spiro atoms. The number of carbonyl (C=O) groups is 1. The molecule has 0 bridgehead atoms. The first-order chi connectivity index (χ1) is 9.99. The zero-order chi connectivity index (χ0) is 17.1. The smallest absolute Gasteiger partial charge is 0.402 e. The maximum Gasteiger partial charge on any atom is 0.402 e. The molecule has 0 fully saturated rings. The first-order valence-corrected chi connectivity index (χ1v) is 6.71. The standard InChI is InChI=1S/C15H18F4O3/c1-4-22-13(21)11(15(17,18)19)8-14(2,3)10-7-9(16)5-6-12(10)20/h5-7,11,20H,4,8H2,1-3H3. The molecule has 0 aromatic heterocycles. The Morgan fingerprint density at radius 2 is 1.91 bits per heavy atom. The molecule has 0 saturated heterocycles. The van der Waals surface area contributed by atoms with Gasteiger partial charge in [-0.05, 0) is 37.0 Å². The molecule has 1 unspecified atom stereocenters. The maximum absolute atomic E-state index is 13.3. The van der Waals surface area contributed by atoms with Crippen LogP contribution in [0, 0.1) is 11.7 Å². The first-order valence-electron chi connectivity index (χ1n) is 6.71. The molecule has 22 heavy (non-hydrogen) atoms. The van der Waals surface area contributed by atoms with Crippen LogP contribution in [-0.4, -0.2) is 23.9 Å². The van der Waals surface area contributed by atoms with Crippen LogP contribution in [-0.2, 0) is 14.9 Å². The number of alkyl halides is 3. The molecular formula is C15H18F4O3. The average Bonchev–Trinajstić information content (AvgIpc) is 2.37. The number of halogens is 4. The van der Waals surface area contributed by atoms with Crippen molar-refractivity contribution in [3.63, 3.8) is 0 Å². The van der Waals surface area contributed by atoms with E-state index in [-0.39, 0.29) is 17.9 Å². The summed E-state index contributed by atoms with van der Waals surface area (Å²) < 4.78 is 57.0. The fourth-order valence-electron chi connectivity index (χ4n) is 2.25. The Balaban J connectivity index is 3.15. The molecule has 1 N–H and O–H groups in total. The summed E-state index contributed by atoms with van der Waals surface area (Å²) in [6.07, 6.45) is -5.45. The van der Waals surface area contributed by atoms with Gasteiger partial charge < -0.3 is 9.84 Å². The number of benzene rings is 1. The van der Waals surface area contributed by atoms with Crippen molar-refractivity contribution in [2.75, 3.05) is 6.61 Å². The van der Waals surface area contributed by atoms with Crippen LogP contribution in [0.2, 0.25) is 0 Å². The fraction of sp³-hybridized carbons (Fsp3) is 0.533. The van der Waals surface area contributed by atoms with Crippen LogP contribution in [0.15, 0.2) is 18.2 Å². The molecule has 0 heterocycles. The lowest BCUT2D eigenvalue weighted by Crippen LogP contribution is -2.37. The largest absolute Gasteiger partial charge is 0.508 e. The third-order valence-electron chi connectivity index (χ3n) is 3.37. The maximum atomic E-state index is 13.3. The molecule has 0 aliphatic rings. The molecule has 1 aromatic rings. The van der Waals surface area contributed by atoms with E-state index >= 15 is 0 Å². The van der Waals surface area contributed by atoms with Gasteiger partial charge in [0.1, 0.15) is 11.6 Å². The van der Waals surface area contributed by atoms with E-state index in [9.17, 15) is 27.5 Å². The van der Waals surface area contributed by atoms with Crippen molar-refractivity contribution in [3.8, 4) is 5.75 Å². The van der Waals surface area contributed by atoms with Gasteiger partial charge in [-0.25, -0.2) is 4.39 Å². The van der Waals surface area contributed by atoms with Crippen molar-refractivity contribution < 1.29 is 32.2 Å². The van der Waals surface area contributed by atoms with Gasteiger partial charge >= 0.3 is 12.1 Å². The van der Waals surface area contributed by atoms with Crippen LogP contribution in [0.5, 0.6) is 5.75 Å². The molecule has 0 amide bonds. The van der Waals surface area contributed by atoms with Gasteiger partial charge in [-0.2, -0.15) is 13.2 Å². The second kappa shape index (κ2) is 6.54. The second-order valence-electron chi connectivity index (χ2n) is 5.60. The lowest BCUT2D eigenvalue weighted by molar-refractivity contribution is -0.200. The molecule has 0 radical (unpaired) electrons. The number of hydrogen-bond acceptors (Lipinski definition) is 3. The Morgan fingerprint density at radius 1 is 1.32 bits per heavy atom. The van der Waals surface area contributed by atoms with Gasteiger partial charge in [0.05, 0.1) is 6.61 Å². The Hall–Kier alpha value is -1.79. The third kappa shape index (κ3) is 4.35. The van der Waals surface area contributed by atoms with Crippen LogP contribution < -0.4 is 0 Å². The second-order valence-corrected chi connectivity index (χ2v) is 5.60. The van der Waals surface area contributed by atoms with Crippen molar-refractivity contribution in [2.24, 2.45) is 5.92 Å². The number of phenolic OH excluding ortho intramolecular Hbond substituents is 1. The minimum atomic E-state index is -4.79. The Kier molecular flexibility index (Phi) is 5.43. The van der Waals surface area contributed by atoms with Crippen molar-refractivity contribution in [1.29, 1.82) is 0 Å². The fourth-order valence-corrected chi connectivity index (χ4v) is 2.25. The summed E-state index contributed by atoms with van der Waals surface area (Å²) in [7, 11) is 0. The topological polar surface area (TPSA) is 46.5 Å². The zero-order valence-corrected chi connectivity index (χ0v) is 12.5. The molecule has 1 aromatic carbocycles. The summed E-state index contributed by atoms with van der Waals surface area (Å²) in [6, 6.07) is 3.04. The Labute approximate surface area is 125 Å². The molecule has 124 valence electrons. The summed E-state index contributed by atoms with van der Waals surface area (Å²) in [5.74, 6) is -4.72. The van der Waals surface area contributed by atoms with Gasteiger partial charge in [0.15, 0.2) is 5.92 Å². The number of carbonyl (C=O) groups excluding carboxylic acids is 1. The van der Waals surface area contributed by atoms with Gasteiger partial charge in [0.2, 0.25) is 0 Å². The van der Waals surface area contributed by atoms with Gasteiger partial charge in [-0.15, -0.1) is 0 Å². The minimum Gasteiger partial charge on any atom is -0.508 e. The summed E-state index contributed by atoms with van der Waals surface area (Å²) in [5.41, 5.74) is -1.27.